The molecule has 2 amide bonds. The first-order valence-corrected chi connectivity index (χ1v) is 14.2. The molecule has 3 heterocycles. The van der Waals surface area contributed by atoms with E-state index in [1.54, 1.807) is 29.7 Å². The monoisotopic (exact) mass is 558 g/mol. The zero-order valence-corrected chi connectivity index (χ0v) is 23.2. The number of halogens is 1. The molecule has 1 spiro atoms. The second-order valence-corrected chi connectivity index (χ2v) is 13.2. The lowest BCUT2D eigenvalue weighted by molar-refractivity contribution is -0.153. The highest BCUT2D eigenvalue weighted by Crippen LogP contribution is 2.68. The van der Waals surface area contributed by atoms with Crippen molar-refractivity contribution in [2.45, 2.75) is 86.2 Å². The molecule has 3 saturated heterocycles. The van der Waals surface area contributed by atoms with Crippen LogP contribution in [-0.4, -0.2) is 85.4 Å². The number of carbonyl (C=O) groups excluding carboxylic acids is 3. The molecule has 3 fully saturated rings. The van der Waals surface area contributed by atoms with Gasteiger partial charge in [0.2, 0.25) is 11.8 Å². The van der Waals surface area contributed by atoms with Crippen molar-refractivity contribution in [3.8, 4) is 0 Å². The van der Waals surface area contributed by atoms with E-state index in [2.05, 4.69) is 22.5 Å². The van der Waals surface area contributed by atoms with Crippen LogP contribution in [0.4, 0.5) is 0 Å². The minimum atomic E-state index is -0.653. The van der Waals surface area contributed by atoms with Crippen molar-refractivity contribution in [2.75, 3.05) is 26.3 Å². The molecule has 3 unspecified atom stereocenters. The first-order valence-electron chi connectivity index (χ1n) is 12.4. The molecule has 9 heteroatoms. The molecule has 0 radical (unpaired) electrons. The van der Waals surface area contributed by atoms with E-state index in [9.17, 15) is 14.4 Å². The topological polar surface area (TPSA) is 87.2 Å². The van der Waals surface area contributed by atoms with Crippen molar-refractivity contribution in [3.05, 3.63) is 12.7 Å². The summed E-state index contributed by atoms with van der Waals surface area (Å²) in [7, 11) is 0. The number of unbranched alkanes of at least 4 members (excludes halogenated alkanes) is 3. The molecule has 7 nitrogen and oxygen atoms in total. The number of likely N-dealkylation sites (tertiary alicyclic amines) is 1. The number of hydrogen-bond donors (Lipinski definition) is 1. The van der Waals surface area contributed by atoms with Gasteiger partial charge in [-0.2, -0.15) is 0 Å². The molecule has 3 aliphatic heterocycles. The molecule has 1 N–H and O–H groups in total. The Morgan fingerprint density at radius 2 is 2.00 bits per heavy atom. The number of aliphatic hydroxyl groups excluding tert-OH is 1. The molecule has 0 aromatic rings. The summed E-state index contributed by atoms with van der Waals surface area (Å²) in [5, 5.41) is 8.99. The highest BCUT2D eigenvalue weighted by molar-refractivity contribution is 9.09. The lowest BCUT2D eigenvalue weighted by Crippen LogP contribution is -2.59. The number of thioether (sulfide) groups is 1. The van der Waals surface area contributed by atoms with Gasteiger partial charge in [0.1, 0.15) is 6.04 Å². The molecule has 3 aliphatic rings. The van der Waals surface area contributed by atoms with Crippen molar-refractivity contribution in [1.82, 2.24) is 9.80 Å². The highest BCUT2D eigenvalue weighted by atomic mass is 79.9. The van der Waals surface area contributed by atoms with E-state index in [1.807, 2.05) is 25.7 Å². The van der Waals surface area contributed by atoms with Crippen LogP contribution in [0.3, 0.4) is 0 Å². The summed E-state index contributed by atoms with van der Waals surface area (Å²) in [6, 6.07) is -0.628. The van der Waals surface area contributed by atoms with Gasteiger partial charge < -0.3 is 19.6 Å². The number of fused-ring (bicyclic) bond motifs is 1. The van der Waals surface area contributed by atoms with Gasteiger partial charge in [0, 0.05) is 35.3 Å². The zero-order valence-electron chi connectivity index (χ0n) is 20.8. The maximum atomic E-state index is 14.2. The van der Waals surface area contributed by atoms with Gasteiger partial charge in [-0.1, -0.05) is 34.8 Å². The summed E-state index contributed by atoms with van der Waals surface area (Å²) in [4.78, 5) is 44.8. The minimum absolute atomic E-state index is 0.0400. The predicted octanol–water partition coefficient (Wildman–Crippen LogP) is 3.38. The van der Waals surface area contributed by atoms with Gasteiger partial charge in [-0.15, -0.1) is 18.3 Å². The Labute approximate surface area is 216 Å². The molecule has 0 aliphatic carbocycles. The van der Waals surface area contributed by atoms with E-state index in [0.29, 0.717) is 19.5 Å². The highest BCUT2D eigenvalue weighted by Gasteiger charge is 2.76. The van der Waals surface area contributed by atoms with Gasteiger partial charge in [0.05, 0.1) is 23.2 Å². The van der Waals surface area contributed by atoms with Gasteiger partial charge in [0.15, 0.2) is 0 Å². The number of aliphatic hydroxyl groups is 1. The normalized spacial score (nSPS) is 32.1. The van der Waals surface area contributed by atoms with Gasteiger partial charge in [-0.05, 0) is 47.0 Å². The smallest absolute Gasteiger partial charge is 0.310 e. The fraction of sp³-hybridized carbons (Fsp3) is 0.800. The van der Waals surface area contributed by atoms with E-state index in [0.717, 1.165) is 25.7 Å². The summed E-state index contributed by atoms with van der Waals surface area (Å²) < 4.78 is 4.75. The third kappa shape index (κ3) is 4.81. The number of amides is 2. The second-order valence-electron chi connectivity index (χ2n) is 10.5. The molecule has 6 atom stereocenters. The summed E-state index contributed by atoms with van der Waals surface area (Å²) >= 11 is 5.41. The van der Waals surface area contributed by atoms with E-state index >= 15 is 0 Å². The standard InChI is InChI=1S/C25H39BrN2O5S/c1-6-12-28(24(3,4)5)22(31)20-25-15-16(26)19(34-25)17(23(32)33-7-2)18(25)21(30)27(20)13-10-8-9-11-14-29/h6,16-20,29H,1,7-15H2,2-5H3/t16?,17-,18+,19-,20?,25?/m1/s1. The van der Waals surface area contributed by atoms with Crippen molar-refractivity contribution in [1.29, 1.82) is 0 Å². The Bertz CT molecular complexity index is 803. The Balaban J connectivity index is 2.00. The van der Waals surface area contributed by atoms with Crippen LogP contribution in [0.15, 0.2) is 12.7 Å². The third-order valence-corrected chi connectivity index (χ3v) is 10.5. The summed E-state index contributed by atoms with van der Waals surface area (Å²) in [5.41, 5.74) is -0.439. The maximum Gasteiger partial charge on any atom is 0.310 e. The third-order valence-electron chi connectivity index (χ3n) is 7.28. The number of carbonyl (C=O) groups is 3. The average molecular weight is 560 g/mol. The Kier molecular flexibility index (Phi) is 8.83. The molecule has 0 aromatic heterocycles. The number of nitrogens with zero attached hydrogens (tertiary/aromatic N) is 2. The largest absolute Gasteiger partial charge is 0.466 e. The Morgan fingerprint density at radius 3 is 2.59 bits per heavy atom. The van der Waals surface area contributed by atoms with E-state index in [-0.39, 0.29) is 41.1 Å². The van der Waals surface area contributed by atoms with Crippen molar-refractivity contribution < 1.29 is 24.2 Å². The molecule has 192 valence electrons. The number of alkyl halides is 1. The quantitative estimate of drug-likeness (QED) is 0.181. The van der Waals surface area contributed by atoms with Crippen molar-refractivity contribution in [2.24, 2.45) is 11.8 Å². The van der Waals surface area contributed by atoms with Crippen LogP contribution in [0, 0.1) is 11.8 Å². The molecule has 34 heavy (non-hydrogen) atoms. The molecular weight excluding hydrogens is 520 g/mol. The fourth-order valence-electron chi connectivity index (χ4n) is 5.88. The summed E-state index contributed by atoms with van der Waals surface area (Å²) in [6.45, 7) is 12.9. The van der Waals surface area contributed by atoms with Gasteiger partial charge in [-0.25, -0.2) is 0 Å². The number of rotatable bonds is 11. The number of ether oxygens (including phenoxy) is 1. The predicted molar refractivity (Wildman–Crippen MR) is 138 cm³/mol. The van der Waals surface area contributed by atoms with Crippen LogP contribution in [0.2, 0.25) is 0 Å². The van der Waals surface area contributed by atoms with Crippen LogP contribution in [0.1, 0.15) is 59.8 Å². The van der Waals surface area contributed by atoms with E-state index in [4.69, 9.17) is 9.84 Å². The molecule has 0 aromatic carbocycles. The summed E-state index contributed by atoms with van der Waals surface area (Å²) in [6.07, 6.45) is 5.62. The Hall–Kier alpha value is -1.06. The van der Waals surface area contributed by atoms with Gasteiger partial charge in [0.25, 0.3) is 0 Å². The Morgan fingerprint density at radius 1 is 1.32 bits per heavy atom. The second kappa shape index (κ2) is 10.9. The average Bonchev–Trinajstić information content (AvgIpc) is 3.34. The first-order chi connectivity index (χ1) is 16.0. The lowest BCUT2D eigenvalue weighted by atomic mass is 9.71. The molecule has 2 bridgehead atoms. The van der Waals surface area contributed by atoms with Crippen molar-refractivity contribution in [3.63, 3.8) is 0 Å². The van der Waals surface area contributed by atoms with Crippen LogP contribution in [0.25, 0.3) is 0 Å². The molecule has 3 rings (SSSR count). The molecular formula is C25H39BrN2O5S. The number of esters is 1. The van der Waals surface area contributed by atoms with Crippen LogP contribution in [-0.2, 0) is 19.1 Å². The van der Waals surface area contributed by atoms with Gasteiger partial charge in [-0.3, -0.25) is 14.4 Å². The number of hydrogen-bond acceptors (Lipinski definition) is 6. The molecule has 0 saturated carbocycles. The zero-order chi connectivity index (χ0) is 25.3. The van der Waals surface area contributed by atoms with E-state index in [1.165, 1.54) is 0 Å². The summed E-state index contributed by atoms with van der Waals surface area (Å²) in [5.74, 6) is -1.60. The van der Waals surface area contributed by atoms with Crippen LogP contribution < -0.4 is 0 Å². The maximum absolute atomic E-state index is 14.2. The SMILES string of the molecule is C=CCN(C(=O)C1N(CCCCCCO)C(=O)[C@@H]2[C@@H](C(=O)OCC)[C@@H]3SC12CC3Br)C(C)(C)C. The fourth-order valence-corrected chi connectivity index (χ4v) is 9.47. The van der Waals surface area contributed by atoms with Crippen LogP contribution in [0.5, 0.6) is 0 Å². The minimum Gasteiger partial charge on any atom is -0.466 e. The van der Waals surface area contributed by atoms with Crippen LogP contribution >= 0.6 is 27.7 Å². The first kappa shape index (κ1) is 27.5. The lowest BCUT2D eigenvalue weighted by Gasteiger charge is -2.42. The van der Waals surface area contributed by atoms with Crippen molar-refractivity contribution >= 4 is 45.5 Å². The van der Waals surface area contributed by atoms with E-state index < -0.39 is 28.2 Å². The van der Waals surface area contributed by atoms with Gasteiger partial charge >= 0.3 is 5.97 Å².